The molecule has 17 heavy (non-hydrogen) atoms. The highest BCUT2D eigenvalue weighted by Gasteiger charge is 2.43. The topological polar surface area (TPSA) is 43.5 Å². The van der Waals surface area contributed by atoms with Crippen molar-refractivity contribution in [3.63, 3.8) is 0 Å². The van der Waals surface area contributed by atoms with E-state index in [4.69, 9.17) is 14.2 Å². The number of H-pyrrole nitrogens is 1. The summed E-state index contributed by atoms with van der Waals surface area (Å²) in [6, 6.07) is 3.94. The molecule has 4 nitrogen and oxygen atoms in total. The second-order valence-corrected chi connectivity index (χ2v) is 4.24. The number of methoxy groups -OCH3 is 1. The molecule has 0 aliphatic carbocycles. The van der Waals surface area contributed by atoms with Gasteiger partial charge in [-0.3, -0.25) is 0 Å². The molecule has 4 heteroatoms. The van der Waals surface area contributed by atoms with Crippen LogP contribution in [0.15, 0.2) is 36.2 Å². The summed E-state index contributed by atoms with van der Waals surface area (Å²) in [5.41, 5.74) is 1.02. The standard InChI is InChI=1S/C13H15NO3/c1-15-12-5-7-13(17-12)6-4-11(16-13)9-10-3-2-8-14-10/h2-4,6,8-9,12,14H,5,7H2,1H3/b11-9-. The van der Waals surface area contributed by atoms with E-state index in [1.807, 2.05) is 36.6 Å². The van der Waals surface area contributed by atoms with Crippen molar-refractivity contribution in [3.05, 3.63) is 41.9 Å². The molecule has 1 aromatic rings. The molecule has 90 valence electrons. The number of hydrogen-bond donors (Lipinski definition) is 1. The van der Waals surface area contributed by atoms with Crippen LogP contribution < -0.4 is 0 Å². The lowest BCUT2D eigenvalue weighted by Gasteiger charge is -2.22. The van der Waals surface area contributed by atoms with E-state index < -0.39 is 5.79 Å². The van der Waals surface area contributed by atoms with E-state index >= 15 is 0 Å². The van der Waals surface area contributed by atoms with Crippen LogP contribution in [-0.4, -0.2) is 24.2 Å². The molecule has 1 saturated heterocycles. The molecule has 0 radical (unpaired) electrons. The van der Waals surface area contributed by atoms with E-state index in [1.165, 1.54) is 0 Å². The lowest BCUT2D eigenvalue weighted by atomic mass is 10.2. The molecule has 3 heterocycles. The summed E-state index contributed by atoms with van der Waals surface area (Å²) in [5, 5.41) is 0. The van der Waals surface area contributed by atoms with Gasteiger partial charge in [-0.25, -0.2) is 0 Å². The summed E-state index contributed by atoms with van der Waals surface area (Å²) in [6.45, 7) is 0. The molecule has 2 unspecified atom stereocenters. The zero-order chi connectivity index (χ0) is 11.7. The molecule has 3 rings (SSSR count). The Bertz CT molecular complexity index is 449. The van der Waals surface area contributed by atoms with Crippen LogP contribution in [0, 0.1) is 0 Å². The fourth-order valence-corrected chi connectivity index (χ4v) is 2.16. The van der Waals surface area contributed by atoms with Crippen molar-refractivity contribution in [2.75, 3.05) is 7.11 Å². The molecule has 1 N–H and O–H groups in total. The smallest absolute Gasteiger partial charge is 0.233 e. The third-order valence-electron chi connectivity index (χ3n) is 3.03. The van der Waals surface area contributed by atoms with Crippen molar-refractivity contribution in [2.24, 2.45) is 0 Å². The average Bonchev–Trinajstić information content (AvgIpc) is 3.03. The third kappa shape index (κ3) is 2.01. The Balaban J connectivity index is 1.73. The Morgan fingerprint density at radius 2 is 2.53 bits per heavy atom. The SMILES string of the molecule is COC1CCC2(C=C/C(=C/c3ccc[nH]3)O2)O1. The highest BCUT2D eigenvalue weighted by atomic mass is 16.8. The van der Waals surface area contributed by atoms with Gasteiger partial charge in [-0.05, 0) is 24.3 Å². The van der Waals surface area contributed by atoms with Gasteiger partial charge in [0.15, 0.2) is 6.29 Å². The van der Waals surface area contributed by atoms with Crippen LogP contribution in [0.2, 0.25) is 0 Å². The van der Waals surface area contributed by atoms with E-state index in [1.54, 1.807) is 7.11 Å². The minimum Gasteiger partial charge on any atom is -0.458 e. The fraction of sp³-hybridized carbons (Fsp3) is 0.385. The molecule has 0 bridgehead atoms. The minimum atomic E-state index is -0.612. The Hall–Kier alpha value is -1.52. The Morgan fingerprint density at radius 1 is 1.59 bits per heavy atom. The Kier molecular flexibility index (Phi) is 2.53. The quantitative estimate of drug-likeness (QED) is 0.853. The van der Waals surface area contributed by atoms with Gasteiger partial charge < -0.3 is 19.2 Å². The highest BCUT2D eigenvalue weighted by Crippen LogP contribution is 2.39. The predicted octanol–water partition coefficient (Wildman–Crippen LogP) is 2.42. The van der Waals surface area contributed by atoms with Gasteiger partial charge in [0.1, 0.15) is 5.76 Å². The summed E-state index contributed by atoms with van der Waals surface area (Å²) in [7, 11) is 1.65. The molecule has 1 fully saturated rings. The Labute approximate surface area is 99.9 Å². The van der Waals surface area contributed by atoms with E-state index in [0.717, 1.165) is 24.3 Å². The number of ether oxygens (including phenoxy) is 3. The minimum absolute atomic E-state index is 0.163. The number of allylic oxidation sites excluding steroid dienone is 1. The van der Waals surface area contributed by atoms with E-state index in [-0.39, 0.29) is 6.29 Å². The largest absolute Gasteiger partial charge is 0.458 e. The molecular weight excluding hydrogens is 218 g/mol. The summed E-state index contributed by atoms with van der Waals surface area (Å²) in [5.74, 6) is 0.197. The summed E-state index contributed by atoms with van der Waals surface area (Å²) < 4.78 is 16.7. The van der Waals surface area contributed by atoms with E-state index in [2.05, 4.69) is 4.98 Å². The van der Waals surface area contributed by atoms with Crippen molar-refractivity contribution < 1.29 is 14.2 Å². The van der Waals surface area contributed by atoms with Crippen molar-refractivity contribution in [2.45, 2.75) is 24.9 Å². The van der Waals surface area contributed by atoms with Crippen molar-refractivity contribution in [1.82, 2.24) is 4.98 Å². The van der Waals surface area contributed by atoms with Crippen LogP contribution in [0.25, 0.3) is 6.08 Å². The van der Waals surface area contributed by atoms with Gasteiger partial charge in [0.2, 0.25) is 5.79 Å². The number of aromatic nitrogens is 1. The molecule has 2 aliphatic heterocycles. The first-order valence-corrected chi connectivity index (χ1v) is 5.74. The van der Waals surface area contributed by atoms with Crippen LogP contribution in [-0.2, 0) is 14.2 Å². The maximum Gasteiger partial charge on any atom is 0.233 e. The van der Waals surface area contributed by atoms with Crippen molar-refractivity contribution in [1.29, 1.82) is 0 Å². The zero-order valence-electron chi connectivity index (χ0n) is 9.68. The van der Waals surface area contributed by atoms with Crippen molar-refractivity contribution in [3.8, 4) is 0 Å². The summed E-state index contributed by atoms with van der Waals surface area (Å²) in [6.07, 6.45) is 9.26. The maximum atomic E-state index is 5.84. The normalized spacial score (nSPS) is 33.7. The van der Waals surface area contributed by atoms with Gasteiger partial charge in [0.05, 0.1) is 0 Å². The van der Waals surface area contributed by atoms with Crippen molar-refractivity contribution >= 4 is 6.08 Å². The first-order chi connectivity index (χ1) is 8.30. The lowest BCUT2D eigenvalue weighted by Crippen LogP contribution is -2.27. The van der Waals surface area contributed by atoms with Gasteiger partial charge in [-0.2, -0.15) is 0 Å². The first-order valence-electron chi connectivity index (χ1n) is 5.74. The van der Waals surface area contributed by atoms with Crippen LogP contribution in [0.4, 0.5) is 0 Å². The monoisotopic (exact) mass is 233 g/mol. The number of hydrogen-bond acceptors (Lipinski definition) is 3. The number of aromatic amines is 1. The first kappa shape index (κ1) is 10.6. The number of nitrogens with one attached hydrogen (secondary N) is 1. The molecular formula is C13H15NO3. The molecule has 2 atom stereocenters. The summed E-state index contributed by atoms with van der Waals surface area (Å²) in [4.78, 5) is 3.11. The molecule has 0 aromatic carbocycles. The molecule has 1 spiro atoms. The van der Waals surface area contributed by atoms with E-state index in [9.17, 15) is 0 Å². The molecule has 0 amide bonds. The molecule has 0 saturated carbocycles. The average molecular weight is 233 g/mol. The van der Waals surface area contributed by atoms with Gasteiger partial charge in [0, 0.05) is 37.9 Å². The highest BCUT2D eigenvalue weighted by molar-refractivity contribution is 5.51. The predicted molar refractivity (Wildman–Crippen MR) is 62.8 cm³/mol. The second kappa shape index (κ2) is 4.05. The Morgan fingerprint density at radius 3 is 3.24 bits per heavy atom. The van der Waals surface area contributed by atoms with Gasteiger partial charge >= 0.3 is 0 Å². The van der Waals surface area contributed by atoms with E-state index in [0.29, 0.717) is 0 Å². The fourth-order valence-electron chi connectivity index (χ4n) is 2.16. The van der Waals surface area contributed by atoms with Crippen LogP contribution >= 0.6 is 0 Å². The third-order valence-corrected chi connectivity index (χ3v) is 3.03. The van der Waals surface area contributed by atoms with Crippen LogP contribution in [0.5, 0.6) is 0 Å². The van der Waals surface area contributed by atoms with Gasteiger partial charge in [-0.15, -0.1) is 0 Å². The van der Waals surface area contributed by atoms with Crippen LogP contribution in [0.1, 0.15) is 18.5 Å². The van der Waals surface area contributed by atoms with Crippen LogP contribution in [0.3, 0.4) is 0 Å². The lowest BCUT2D eigenvalue weighted by molar-refractivity contribution is -0.218. The number of rotatable bonds is 2. The maximum absolute atomic E-state index is 5.84. The van der Waals surface area contributed by atoms with Gasteiger partial charge in [-0.1, -0.05) is 0 Å². The van der Waals surface area contributed by atoms with Gasteiger partial charge in [0.25, 0.3) is 0 Å². The molecule has 1 aromatic heterocycles. The second-order valence-electron chi connectivity index (χ2n) is 4.24. The zero-order valence-corrected chi connectivity index (χ0v) is 9.68. The molecule has 2 aliphatic rings. The summed E-state index contributed by atoms with van der Waals surface area (Å²) >= 11 is 0.